The van der Waals surface area contributed by atoms with Crippen LogP contribution in [0.15, 0.2) is 30.3 Å². The van der Waals surface area contributed by atoms with Crippen LogP contribution >= 0.6 is 0 Å². The number of carbonyl (C=O) groups excluding carboxylic acids is 1. The SMILES string of the molecule is CCC(=O)/C=C/c1ccc(F)cc1. The molecule has 0 fully saturated rings. The van der Waals surface area contributed by atoms with Gasteiger partial charge in [0.15, 0.2) is 5.78 Å². The third kappa shape index (κ3) is 3.20. The number of benzene rings is 1. The summed E-state index contributed by atoms with van der Waals surface area (Å²) in [5.41, 5.74) is 0.836. The van der Waals surface area contributed by atoms with E-state index in [4.69, 9.17) is 0 Å². The third-order valence-electron chi connectivity index (χ3n) is 1.68. The number of allylic oxidation sites excluding steroid dienone is 1. The minimum absolute atomic E-state index is 0.0734. The van der Waals surface area contributed by atoms with Gasteiger partial charge < -0.3 is 0 Å². The molecular weight excluding hydrogens is 167 g/mol. The van der Waals surface area contributed by atoms with Crippen molar-refractivity contribution in [3.63, 3.8) is 0 Å². The molecule has 2 heteroatoms. The fraction of sp³-hybridized carbons (Fsp3) is 0.182. The van der Waals surface area contributed by atoms with Gasteiger partial charge in [-0.1, -0.05) is 25.1 Å². The topological polar surface area (TPSA) is 17.1 Å². The van der Waals surface area contributed by atoms with Gasteiger partial charge in [-0.2, -0.15) is 0 Å². The molecule has 0 saturated heterocycles. The highest BCUT2D eigenvalue weighted by molar-refractivity contribution is 5.93. The number of rotatable bonds is 3. The highest BCUT2D eigenvalue weighted by Gasteiger charge is 1.91. The van der Waals surface area contributed by atoms with Crippen LogP contribution in [0.3, 0.4) is 0 Å². The van der Waals surface area contributed by atoms with Crippen LogP contribution in [0.5, 0.6) is 0 Å². The summed E-state index contributed by atoms with van der Waals surface area (Å²) in [6.45, 7) is 1.80. The van der Waals surface area contributed by atoms with Crippen molar-refractivity contribution >= 4 is 11.9 Å². The number of halogens is 1. The Labute approximate surface area is 76.9 Å². The predicted octanol–water partition coefficient (Wildman–Crippen LogP) is 2.82. The first kappa shape index (κ1) is 9.65. The van der Waals surface area contributed by atoms with Crippen molar-refractivity contribution in [2.45, 2.75) is 13.3 Å². The molecule has 0 aliphatic rings. The van der Waals surface area contributed by atoms with Gasteiger partial charge in [0.05, 0.1) is 0 Å². The molecule has 0 aromatic heterocycles. The van der Waals surface area contributed by atoms with Crippen LogP contribution in [0.2, 0.25) is 0 Å². The first-order chi connectivity index (χ1) is 6.22. The molecule has 1 aromatic rings. The van der Waals surface area contributed by atoms with Crippen LogP contribution in [-0.4, -0.2) is 5.78 Å². The molecule has 1 nitrogen and oxygen atoms in total. The fourth-order valence-electron chi connectivity index (χ4n) is 0.881. The van der Waals surface area contributed by atoms with Gasteiger partial charge in [-0.3, -0.25) is 4.79 Å². The normalized spacial score (nSPS) is 10.6. The smallest absolute Gasteiger partial charge is 0.155 e. The maximum absolute atomic E-state index is 12.5. The van der Waals surface area contributed by atoms with Crippen LogP contribution in [0.4, 0.5) is 4.39 Å². The molecule has 0 amide bonds. The van der Waals surface area contributed by atoms with E-state index >= 15 is 0 Å². The van der Waals surface area contributed by atoms with E-state index in [1.54, 1.807) is 25.1 Å². The lowest BCUT2D eigenvalue weighted by Crippen LogP contribution is -1.86. The Hall–Kier alpha value is -1.44. The first-order valence-electron chi connectivity index (χ1n) is 4.19. The molecule has 0 heterocycles. The van der Waals surface area contributed by atoms with E-state index in [-0.39, 0.29) is 11.6 Å². The molecule has 1 aromatic carbocycles. The second-order valence-corrected chi connectivity index (χ2v) is 2.70. The molecule has 0 N–H and O–H groups in total. The monoisotopic (exact) mass is 178 g/mol. The molecule has 0 unspecified atom stereocenters. The number of hydrogen-bond donors (Lipinski definition) is 0. The Bertz CT molecular complexity index is 311. The Morgan fingerprint density at radius 2 is 2.00 bits per heavy atom. The van der Waals surface area contributed by atoms with Crippen molar-refractivity contribution < 1.29 is 9.18 Å². The summed E-state index contributed by atoms with van der Waals surface area (Å²) in [6.07, 6.45) is 3.69. The Morgan fingerprint density at radius 3 is 2.54 bits per heavy atom. The van der Waals surface area contributed by atoms with Crippen molar-refractivity contribution in [3.8, 4) is 0 Å². The predicted molar refractivity (Wildman–Crippen MR) is 50.7 cm³/mol. The maximum Gasteiger partial charge on any atom is 0.155 e. The second kappa shape index (κ2) is 4.55. The molecule has 0 bridgehead atoms. The van der Waals surface area contributed by atoms with E-state index in [1.807, 2.05) is 0 Å². The summed E-state index contributed by atoms with van der Waals surface area (Å²) in [4.78, 5) is 10.9. The van der Waals surface area contributed by atoms with Crippen molar-refractivity contribution in [3.05, 3.63) is 41.7 Å². The molecule has 13 heavy (non-hydrogen) atoms. The summed E-state index contributed by atoms with van der Waals surface area (Å²) in [6, 6.07) is 6.01. The lowest BCUT2D eigenvalue weighted by molar-refractivity contribution is -0.114. The van der Waals surface area contributed by atoms with Crippen molar-refractivity contribution in [1.29, 1.82) is 0 Å². The molecule has 0 saturated carbocycles. The minimum atomic E-state index is -0.265. The van der Waals surface area contributed by atoms with Gasteiger partial charge >= 0.3 is 0 Å². The van der Waals surface area contributed by atoms with E-state index in [0.717, 1.165) is 5.56 Å². The average Bonchev–Trinajstić information content (AvgIpc) is 2.16. The molecular formula is C11H11FO. The number of carbonyl (C=O) groups is 1. The van der Waals surface area contributed by atoms with Gasteiger partial charge in [0.1, 0.15) is 5.82 Å². The van der Waals surface area contributed by atoms with Gasteiger partial charge in [0.25, 0.3) is 0 Å². The molecule has 1 rings (SSSR count). The summed E-state index contributed by atoms with van der Waals surface area (Å²) in [7, 11) is 0. The van der Waals surface area contributed by atoms with Gasteiger partial charge in [-0.15, -0.1) is 0 Å². The quantitative estimate of drug-likeness (QED) is 0.650. The van der Waals surface area contributed by atoms with Crippen LogP contribution in [0.1, 0.15) is 18.9 Å². The Balaban J connectivity index is 2.69. The molecule has 0 spiro atoms. The van der Waals surface area contributed by atoms with Crippen LogP contribution in [0, 0.1) is 5.82 Å². The average molecular weight is 178 g/mol. The highest BCUT2D eigenvalue weighted by atomic mass is 19.1. The lowest BCUT2D eigenvalue weighted by atomic mass is 10.2. The van der Waals surface area contributed by atoms with Gasteiger partial charge in [0.2, 0.25) is 0 Å². The van der Waals surface area contributed by atoms with Crippen LogP contribution < -0.4 is 0 Å². The zero-order chi connectivity index (χ0) is 9.68. The maximum atomic E-state index is 12.5. The van der Waals surface area contributed by atoms with Crippen molar-refractivity contribution in [2.75, 3.05) is 0 Å². The zero-order valence-corrected chi connectivity index (χ0v) is 7.46. The molecule has 0 aliphatic carbocycles. The van der Waals surface area contributed by atoms with Gasteiger partial charge in [-0.25, -0.2) is 4.39 Å². The zero-order valence-electron chi connectivity index (χ0n) is 7.46. The van der Waals surface area contributed by atoms with Crippen molar-refractivity contribution in [2.24, 2.45) is 0 Å². The van der Waals surface area contributed by atoms with E-state index < -0.39 is 0 Å². The molecule has 0 atom stereocenters. The summed E-state index contributed by atoms with van der Waals surface area (Å²) >= 11 is 0. The number of ketones is 1. The molecule has 68 valence electrons. The van der Waals surface area contributed by atoms with Crippen molar-refractivity contribution in [1.82, 2.24) is 0 Å². The second-order valence-electron chi connectivity index (χ2n) is 2.70. The van der Waals surface area contributed by atoms with E-state index in [0.29, 0.717) is 6.42 Å². The Kier molecular flexibility index (Phi) is 3.38. The van der Waals surface area contributed by atoms with E-state index in [1.165, 1.54) is 18.2 Å². The number of hydrogen-bond acceptors (Lipinski definition) is 1. The lowest BCUT2D eigenvalue weighted by Gasteiger charge is -1.91. The third-order valence-corrected chi connectivity index (χ3v) is 1.68. The standard InChI is InChI=1S/C11H11FO/c1-2-11(13)8-5-9-3-6-10(12)7-4-9/h3-8H,2H2,1H3/b8-5+. The van der Waals surface area contributed by atoms with Gasteiger partial charge in [0, 0.05) is 6.42 Å². The highest BCUT2D eigenvalue weighted by Crippen LogP contribution is 2.04. The molecule has 0 radical (unpaired) electrons. The summed E-state index contributed by atoms with van der Waals surface area (Å²) in [5.74, 6) is -0.191. The Morgan fingerprint density at radius 1 is 1.38 bits per heavy atom. The molecule has 0 aliphatic heterocycles. The van der Waals surface area contributed by atoms with Crippen LogP contribution in [0.25, 0.3) is 6.08 Å². The van der Waals surface area contributed by atoms with Gasteiger partial charge in [-0.05, 0) is 23.8 Å². The summed E-state index contributed by atoms with van der Waals surface area (Å²) in [5, 5.41) is 0. The van der Waals surface area contributed by atoms with Crippen LogP contribution in [-0.2, 0) is 4.79 Å². The van der Waals surface area contributed by atoms with E-state index in [9.17, 15) is 9.18 Å². The van der Waals surface area contributed by atoms with E-state index in [2.05, 4.69) is 0 Å². The fourth-order valence-corrected chi connectivity index (χ4v) is 0.881. The first-order valence-corrected chi connectivity index (χ1v) is 4.19. The summed E-state index contributed by atoms with van der Waals surface area (Å²) < 4.78 is 12.5. The largest absolute Gasteiger partial charge is 0.295 e. The minimum Gasteiger partial charge on any atom is -0.295 e.